The number of oxime groups is 1. The zero-order valence-electron chi connectivity index (χ0n) is 7.82. The normalized spacial score (nSPS) is 11.5. The quantitative estimate of drug-likeness (QED) is 0.562. The number of rotatable bonds is 3. The molecule has 0 atom stereocenters. The van der Waals surface area contributed by atoms with Gasteiger partial charge in [-0.15, -0.1) is 0 Å². The molecule has 3 heteroatoms. The van der Waals surface area contributed by atoms with Gasteiger partial charge in [0.15, 0.2) is 0 Å². The van der Waals surface area contributed by atoms with Gasteiger partial charge >= 0.3 is 0 Å². The molecule has 13 heavy (non-hydrogen) atoms. The van der Waals surface area contributed by atoms with E-state index in [4.69, 9.17) is 5.11 Å². The van der Waals surface area contributed by atoms with Gasteiger partial charge < -0.3 is 9.94 Å². The second-order valence-corrected chi connectivity index (χ2v) is 2.74. The molecule has 70 valence electrons. The zero-order valence-corrected chi connectivity index (χ0v) is 7.82. The summed E-state index contributed by atoms with van der Waals surface area (Å²) in [5.41, 5.74) is 2.61. The van der Waals surface area contributed by atoms with Gasteiger partial charge in [0, 0.05) is 5.56 Å². The van der Waals surface area contributed by atoms with E-state index in [1.807, 2.05) is 31.2 Å². The molecule has 0 saturated carbocycles. The fourth-order valence-electron chi connectivity index (χ4n) is 1.03. The smallest absolute Gasteiger partial charge is 0.112 e. The Labute approximate surface area is 77.6 Å². The molecule has 0 spiro atoms. The average Bonchev–Trinajstić information content (AvgIpc) is 2.16. The Kier molecular flexibility index (Phi) is 3.46. The highest BCUT2D eigenvalue weighted by atomic mass is 16.6. The third-order valence-electron chi connectivity index (χ3n) is 1.74. The molecule has 0 amide bonds. The molecule has 0 aliphatic carbocycles. The lowest BCUT2D eigenvalue weighted by Crippen LogP contribution is -2.06. The predicted octanol–water partition coefficient (Wildman–Crippen LogP) is 1.34. The zero-order chi connectivity index (χ0) is 9.68. The molecule has 1 aromatic rings. The second kappa shape index (κ2) is 4.62. The third-order valence-corrected chi connectivity index (χ3v) is 1.74. The van der Waals surface area contributed by atoms with Crippen molar-refractivity contribution in [2.75, 3.05) is 13.7 Å². The van der Waals surface area contributed by atoms with Crippen molar-refractivity contribution in [1.29, 1.82) is 0 Å². The Morgan fingerprint density at radius 1 is 1.38 bits per heavy atom. The lowest BCUT2D eigenvalue weighted by atomic mass is 10.1. The van der Waals surface area contributed by atoms with Crippen molar-refractivity contribution >= 4 is 5.71 Å². The van der Waals surface area contributed by atoms with E-state index >= 15 is 0 Å². The van der Waals surface area contributed by atoms with Crippen LogP contribution in [-0.2, 0) is 4.84 Å². The molecule has 0 fully saturated rings. The minimum Gasteiger partial charge on any atom is -0.399 e. The third kappa shape index (κ3) is 2.56. The average molecular weight is 179 g/mol. The van der Waals surface area contributed by atoms with Gasteiger partial charge in [-0.1, -0.05) is 35.0 Å². The molecule has 1 N–H and O–H groups in total. The molecular formula is C10H13NO2. The minimum atomic E-state index is -0.114. The highest BCUT2D eigenvalue weighted by Crippen LogP contribution is 2.04. The second-order valence-electron chi connectivity index (χ2n) is 2.74. The lowest BCUT2D eigenvalue weighted by molar-refractivity contribution is 0.209. The standard InChI is InChI=1S/C10H13NO2/c1-8-3-5-9(6-4-8)10(7-12)11-13-2/h3-6,12H,7H2,1-2H3/b11-10+. The molecule has 0 aliphatic heterocycles. The number of aliphatic hydroxyl groups is 1. The van der Waals surface area contributed by atoms with Crippen molar-refractivity contribution < 1.29 is 9.94 Å². The molecule has 0 aliphatic rings. The van der Waals surface area contributed by atoms with Gasteiger partial charge in [0.05, 0.1) is 6.61 Å². The van der Waals surface area contributed by atoms with Crippen LogP contribution in [0.2, 0.25) is 0 Å². The van der Waals surface area contributed by atoms with Gasteiger partial charge in [0.2, 0.25) is 0 Å². The number of hydrogen-bond donors (Lipinski definition) is 1. The summed E-state index contributed by atoms with van der Waals surface area (Å²) >= 11 is 0. The number of hydrogen-bond acceptors (Lipinski definition) is 3. The molecule has 0 bridgehead atoms. The molecule has 0 radical (unpaired) electrons. The minimum absolute atomic E-state index is 0.114. The van der Waals surface area contributed by atoms with E-state index in [1.165, 1.54) is 12.7 Å². The predicted molar refractivity (Wildman–Crippen MR) is 51.8 cm³/mol. The van der Waals surface area contributed by atoms with Crippen LogP contribution in [0.25, 0.3) is 0 Å². The van der Waals surface area contributed by atoms with Gasteiger partial charge in [0.25, 0.3) is 0 Å². The molecule has 1 rings (SSSR count). The first-order chi connectivity index (χ1) is 6.27. The summed E-state index contributed by atoms with van der Waals surface area (Å²) in [5.74, 6) is 0. The van der Waals surface area contributed by atoms with Gasteiger partial charge in [-0.25, -0.2) is 0 Å². The van der Waals surface area contributed by atoms with Crippen LogP contribution in [0.5, 0.6) is 0 Å². The van der Waals surface area contributed by atoms with Crippen molar-refractivity contribution in [3.8, 4) is 0 Å². The summed E-state index contributed by atoms with van der Waals surface area (Å²) in [7, 11) is 1.46. The van der Waals surface area contributed by atoms with Crippen LogP contribution in [0, 0.1) is 6.92 Å². The molecule has 1 aromatic carbocycles. The van der Waals surface area contributed by atoms with E-state index in [2.05, 4.69) is 9.99 Å². The van der Waals surface area contributed by atoms with Crippen LogP contribution in [0.3, 0.4) is 0 Å². The van der Waals surface area contributed by atoms with Crippen LogP contribution < -0.4 is 0 Å². The van der Waals surface area contributed by atoms with E-state index in [1.54, 1.807) is 0 Å². The van der Waals surface area contributed by atoms with E-state index < -0.39 is 0 Å². The van der Waals surface area contributed by atoms with Crippen LogP contribution in [0.1, 0.15) is 11.1 Å². The summed E-state index contributed by atoms with van der Waals surface area (Å²) in [6, 6.07) is 7.75. The lowest BCUT2D eigenvalue weighted by Gasteiger charge is -2.02. The van der Waals surface area contributed by atoms with Crippen molar-refractivity contribution in [2.24, 2.45) is 5.16 Å². The number of aryl methyl sites for hydroxylation is 1. The first-order valence-corrected chi connectivity index (χ1v) is 4.06. The molecule has 0 unspecified atom stereocenters. The highest BCUT2D eigenvalue weighted by molar-refractivity contribution is 6.01. The molecular weight excluding hydrogens is 166 g/mol. The van der Waals surface area contributed by atoms with Crippen LogP contribution >= 0.6 is 0 Å². The van der Waals surface area contributed by atoms with Crippen molar-refractivity contribution in [3.05, 3.63) is 35.4 Å². The Morgan fingerprint density at radius 2 is 2.00 bits per heavy atom. The van der Waals surface area contributed by atoms with Crippen molar-refractivity contribution in [1.82, 2.24) is 0 Å². The van der Waals surface area contributed by atoms with Crippen LogP contribution in [-0.4, -0.2) is 24.5 Å². The maximum atomic E-state index is 8.97. The molecule has 3 nitrogen and oxygen atoms in total. The van der Waals surface area contributed by atoms with Gasteiger partial charge in [-0.3, -0.25) is 0 Å². The van der Waals surface area contributed by atoms with Crippen molar-refractivity contribution in [2.45, 2.75) is 6.92 Å². The Balaban J connectivity index is 2.92. The van der Waals surface area contributed by atoms with Crippen LogP contribution in [0.15, 0.2) is 29.4 Å². The monoisotopic (exact) mass is 179 g/mol. The Morgan fingerprint density at radius 3 is 2.46 bits per heavy atom. The molecule has 0 aromatic heterocycles. The summed E-state index contributed by atoms with van der Waals surface area (Å²) in [4.78, 5) is 4.61. The Hall–Kier alpha value is -1.35. The number of benzene rings is 1. The number of nitrogens with zero attached hydrogens (tertiary/aromatic N) is 1. The maximum Gasteiger partial charge on any atom is 0.112 e. The van der Waals surface area contributed by atoms with Crippen LogP contribution in [0.4, 0.5) is 0 Å². The summed E-state index contributed by atoms with van der Waals surface area (Å²) in [6.07, 6.45) is 0. The van der Waals surface area contributed by atoms with E-state index in [9.17, 15) is 0 Å². The van der Waals surface area contributed by atoms with Gasteiger partial charge in [0.1, 0.15) is 12.8 Å². The SMILES string of the molecule is CO/N=C(\CO)c1ccc(C)cc1. The molecule has 0 saturated heterocycles. The van der Waals surface area contributed by atoms with E-state index in [0.29, 0.717) is 5.71 Å². The maximum absolute atomic E-state index is 8.97. The topological polar surface area (TPSA) is 41.8 Å². The van der Waals surface area contributed by atoms with Gasteiger partial charge in [-0.05, 0) is 6.92 Å². The first-order valence-electron chi connectivity index (χ1n) is 4.06. The number of aliphatic hydroxyl groups excluding tert-OH is 1. The largest absolute Gasteiger partial charge is 0.399 e. The summed E-state index contributed by atoms with van der Waals surface area (Å²) in [6.45, 7) is 1.90. The highest BCUT2D eigenvalue weighted by Gasteiger charge is 2.01. The summed E-state index contributed by atoms with van der Waals surface area (Å²) in [5, 5.41) is 12.7. The van der Waals surface area contributed by atoms with E-state index in [-0.39, 0.29) is 6.61 Å². The molecule has 0 heterocycles. The van der Waals surface area contributed by atoms with Crippen molar-refractivity contribution in [3.63, 3.8) is 0 Å². The fraction of sp³-hybridized carbons (Fsp3) is 0.300. The Bertz CT molecular complexity index is 290. The fourth-order valence-corrected chi connectivity index (χ4v) is 1.03. The summed E-state index contributed by atoms with van der Waals surface area (Å²) < 4.78 is 0. The van der Waals surface area contributed by atoms with Gasteiger partial charge in [-0.2, -0.15) is 0 Å². The van der Waals surface area contributed by atoms with E-state index in [0.717, 1.165) is 5.56 Å². The first kappa shape index (κ1) is 9.74.